The van der Waals surface area contributed by atoms with Crippen molar-refractivity contribution in [2.24, 2.45) is 0 Å². The fraction of sp³-hybridized carbons (Fsp3) is 0.400. The summed E-state index contributed by atoms with van der Waals surface area (Å²) in [5, 5.41) is 0.613. The molecule has 0 atom stereocenters. The van der Waals surface area contributed by atoms with Crippen LogP contribution < -0.4 is 0 Å². The lowest BCUT2D eigenvalue weighted by Crippen LogP contribution is -2.34. The van der Waals surface area contributed by atoms with Crippen LogP contribution in [0.2, 0.25) is 5.02 Å². The number of hydrogen-bond acceptors (Lipinski definition) is 3. The Morgan fingerprint density at radius 2 is 1.86 bits per heavy atom. The molecule has 1 fully saturated rings. The van der Waals surface area contributed by atoms with Gasteiger partial charge in [-0.05, 0) is 11.6 Å². The molecule has 6 heteroatoms. The second-order valence-electron chi connectivity index (χ2n) is 5.03. The van der Waals surface area contributed by atoms with Crippen LogP contribution in [0.5, 0.6) is 0 Å². The van der Waals surface area contributed by atoms with Crippen molar-refractivity contribution in [3.8, 4) is 0 Å². The number of amides is 3. The predicted molar refractivity (Wildman–Crippen MR) is 78.5 cm³/mol. The molecular formula is C15H17ClN2O3. The van der Waals surface area contributed by atoms with Crippen LogP contribution in [0.1, 0.15) is 24.8 Å². The number of benzene rings is 1. The van der Waals surface area contributed by atoms with Gasteiger partial charge in [-0.1, -0.05) is 29.8 Å². The van der Waals surface area contributed by atoms with Gasteiger partial charge in [-0.3, -0.25) is 19.3 Å². The van der Waals surface area contributed by atoms with E-state index in [-0.39, 0.29) is 43.5 Å². The molecule has 0 aromatic heterocycles. The Morgan fingerprint density at radius 3 is 2.48 bits per heavy atom. The fourth-order valence-electron chi connectivity index (χ4n) is 2.24. The molecule has 0 aliphatic carbocycles. The van der Waals surface area contributed by atoms with E-state index in [1.807, 2.05) is 18.2 Å². The van der Waals surface area contributed by atoms with Crippen LogP contribution >= 0.6 is 11.6 Å². The van der Waals surface area contributed by atoms with Crippen molar-refractivity contribution in [2.75, 3.05) is 13.6 Å². The van der Waals surface area contributed by atoms with Gasteiger partial charge in [0.05, 0.1) is 0 Å². The molecule has 1 saturated heterocycles. The second-order valence-corrected chi connectivity index (χ2v) is 5.44. The average molecular weight is 309 g/mol. The zero-order chi connectivity index (χ0) is 15.4. The van der Waals surface area contributed by atoms with E-state index in [9.17, 15) is 14.4 Å². The number of carbonyl (C=O) groups excluding carboxylic acids is 3. The summed E-state index contributed by atoms with van der Waals surface area (Å²) >= 11 is 6.06. The number of rotatable bonds is 5. The van der Waals surface area contributed by atoms with Gasteiger partial charge >= 0.3 is 0 Å². The fourth-order valence-corrected chi connectivity index (χ4v) is 2.44. The summed E-state index contributed by atoms with van der Waals surface area (Å²) in [6, 6.07) is 7.33. The minimum atomic E-state index is -0.193. The molecule has 21 heavy (non-hydrogen) atoms. The Morgan fingerprint density at radius 1 is 1.24 bits per heavy atom. The molecule has 3 amide bonds. The van der Waals surface area contributed by atoms with E-state index in [1.54, 1.807) is 18.0 Å². The maximum Gasteiger partial charge on any atom is 0.229 e. The van der Waals surface area contributed by atoms with E-state index in [0.29, 0.717) is 11.6 Å². The summed E-state index contributed by atoms with van der Waals surface area (Å²) in [5.74, 6) is -0.509. The van der Waals surface area contributed by atoms with E-state index in [1.165, 1.54) is 4.90 Å². The SMILES string of the molecule is CN(Cc1ccccc1Cl)C(=O)CCN1C(=O)CCC1=O. The maximum atomic E-state index is 12.1. The minimum Gasteiger partial charge on any atom is -0.341 e. The molecule has 0 radical (unpaired) electrons. The smallest absolute Gasteiger partial charge is 0.229 e. The van der Waals surface area contributed by atoms with E-state index >= 15 is 0 Å². The zero-order valence-corrected chi connectivity index (χ0v) is 12.6. The third kappa shape index (κ3) is 3.82. The topological polar surface area (TPSA) is 57.7 Å². The largest absolute Gasteiger partial charge is 0.341 e. The van der Waals surface area contributed by atoms with Crippen molar-refractivity contribution in [3.05, 3.63) is 34.9 Å². The first-order valence-corrected chi connectivity index (χ1v) is 7.17. The Kier molecular flexibility index (Phi) is 4.96. The van der Waals surface area contributed by atoms with Crippen molar-refractivity contribution in [2.45, 2.75) is 25.8 Å². The lowest BCUT2D eigenvalue weighted by Gasteiger charge is -2.20. The predicted octanol–water partition coefficient (Wildman–Crippen LogP) is 1.84. The molecule has 1 heterocycles. The summed E-state index contributed by atoms with van der Waals surface area (Å²) in [4.78, 5) is 37.7. The highest BCUT2D eigenvalue weighted by atomic mass is 35.5. The van der Waals surface area contributed by atoms with E-state index in [2.05, 4.69) is 0 Å². The van der Waals surface area contributed by atoms with Crippen molar-refractivity contribution < 1.29 is 14.4 Å². The molecule has 1 aromatic rings. The van der Waals surface area contributed by atoms with Gasteiger partial charge in [0, 0.05) is 44.4 Å². The third-order valence-electron chi connectivity index (χ3n) is 3.50. The van der Waals surface area contributed by atoms with Crippen LogP contribution in [-0.4, -0.2) is 41.1 Å². The number of nitrogens with zero attached hydrogens (tertiary/aromatic N) is 2. The Hall–Kier alpha value is -1.88. The van der Waals surface area contributed by atoms with E-state index < -0.39 is 0 Å². The number of likely N-dealkylation sites (tertiary alicyclic amines) is 1. The molecule has 1 aliphatic heterocycles. The standard InChI is InChI=1S/C15H17ClN2O3/c1-17(10-11-4-2-3-5-12(11)16)13(19)8-9-18-14(20)6-7-15(18)21/h2-5H,6-10H2,1H3. The van der Waals surface area contributed by atoms with E-state index in [0.717, 1.165) is 5.56 Å². The number of hydrogen-bond donors (Lipinski definition) is 0. The molecule has 0 N–H and O–H groups in total. The zero-order valence-electron chi connectivity index (χ0n) is 11.8. The van der Waals surface area contributed by atoms with Crippen molar-refractivity contribution in [1.82, 2.24) is 9.80 Å². The van der Waals surface area contributed by atoms with Gasteiger partial charge in [-0.2, -0.15) is 0 Å². The van der Waals surface area contributed by atoms with Crippen molar-refractivity contribution >= 4 is 29.3 Å². The first-order valence-electron chi connectivity index (χ1n) is 6.79. The van der Waals surface area contributed by atoms with Gasteiger partial charge in [-0.15, -0.1) is 0 Å². The van der Waals surface area contributed by atoms with Crippen LogP contribution in [0, 0.1) is 0 Å². The quantitative estimate of drug-likeness (QED) is 0.780. The lowest BCUT2D eigenvalue weighted by molar-refractivity contribution is -0.139. The van der Waals surface area contributed by atoms with Crippen LogP contribution in [-0.2, 0) is 20.9 Å². The average Bonchev–Trinajstić information content (AvgIpc) is 2.78. The van der Waals surface area contributed by atoms with Crippen LogP contribution in [0.15, 0.2) is 24.3 Å². The number of imide groups is 1. The van der Waals surface area contributed by atoms with Crippen LogP contribution in [0.4, 0.5) is 0 Å². The van der Waals surface area contributed by atoms with Gasteiger partial charge in [0.1, 0.15) is 0 Å². The van der Waals surface area contributed by atoms with Crippen LogP contribution in [0.25, 0.3) is 0 Å². The van der Waals surface area contributed by atoms with Gasteiger partial charge in [0.25, 0.3) is 0 Å². The van der Waals surface area contributed by atoms with Crippen molar-refractivity contribution in [1.29, 1.82) is 0 Å². The first-order chi connectivity index (χ1) is 9.99. The Bertz CT molecular complexity index is 558. The number of halogens is 1. The molecule has 112 valence electrons. The highest BCUT2D eigenvalue weighted by Gasteiger charge is 2.29. The van der Waals surface area contributed by atoms with Crippen molar-refractivity contribution in [3.63, 3.8) is 0 Å². The van der Waals surface area contributed by atoms with Gasteiger partial charge in [0.15, 0.2) is 0 Å². The molecular weight excluding hydrogens is 292 g/mol. The van der Waals surface area contributed by atoms with Gasteiger partial charge < -0.3 is 4.90 Å². The molecule has 0 saturated carbocycles. The highest BCUT2D eigenvalue weighted by Crippen LogP contribution is 2.17. The summed E-state index contributed by atoms with van der Waals surface area (Å²) in [6.07, 6.45) is 0.642. The maximum absolute atomic E-state index is 12.1. The molecule has 0 spiro atoms. The summed E-state index contributed by atoms with van der Waals surface area (Å²) < 4.78 is 0. The van der Waals surface area contributed by atoms with E-state index in [4.69, 9.17) is 11.6 Å². The van der Waals surface area contributed by atoms with Gasteiger partial charge in [0.2, 0.25) is 17.7 Å². The first kappa shape index (κ1) is 15.5. The molecule has 0 unspecified atom stereocenters. The van der Waals surface area contributed by atoms with Crippen LogP contribution in [0.3, 0.4) is 0 Å². The Balaban J connectivity index is 1.87. The third-order valence-corrected chi connectivity index (χ3v) is 3.86. The van der Waals surface area contributed by atoms with Gasteiger partial charge in [-0.25, -0.2) is 0 Å². The Labute approximate surface area is 128 Å². The monoisotopic (exact) mass is 308 g/mol. The summed E-state index contributed by atoms with van der Waals surface area (Å²) in [6.45, 7) is 0.559. The lowest BCUT2D eigenvalue weighted by atomic mass is 10.2. The molecule has 1 aliphatic rings. The number of carbonyl (C=O) groups is 3. The molecule has 0 bridgehead atoms. The molecule has 5 nitrogen and oxygen atoms in total. The second kappa shape index (κ2) is 6.72. The normalized spacial score (nSPS) is 14.7. The minimum absolute atomic E-state index is 0.123. The molecule has 1 aromatic carbocycles. The highest BCUT2D eigenvalue weighted by molar-refractivity contribution is 6.31. The summed E-state index contributed by atoms with van der Waals surface area (Å²) in [5.41, 5.74) is 0.864. The summed E-state index contributed by atoms with van der Waals surface area (Å²) in [7, 11) is 1.68. The molecule has 2 rings (SSSR count).